The Kier molecular flexibility index (Phi) is 3.08. The fraction of sp³-hybridized carbons (Fsp3) is 0.222. The van der Waals surface area contributed by atoms with Gasteiger partial charge >= 0.3 is 0 Å². The van der Waals surface area contributed by atoms with Crippen molar-refractivity contribution >= 4 is 22.5 Å². The van der Waals surface area contributed by atoms with Crippen molar-refractivity contribution < 1.29 is 9.53 Å². The Labute approximate surface area is 133 Å². The highest BCUT2D eigenvalue weighted by atomic mass is 16.5. The number of hydrogen-bond acceptors (Lipinski definition) is 3. The molecule has 5 nitrogen and oxygen atoms in total. The number of nitrogens with zero attached hydrogens (tertiary/aromatic N) is 2. The van der Waals surface area contributed by atoms with E-state index in [1.165, 1.54) is 0 Å². The molecule has 23 heavy (non-hydrogen) atoms. The second-order valence-electron chi connectivity index (χ2n) is 5.77. The van der Waals surface area contributed by atoms with Gasteiger partial charge in [-0.25, -0.2) is 0 Å². The van der Waals surface area contributed by atoms with Crippen LogP contribution in [0.15, 0.2) is 36.4 Å². The number of para-hydroxylation sites is 1. The summed E-state index contributed by atoms with van der Waals surface area (Å²) in [7, 11) is 1.95. The fourth-order valence-electron chi connectivity index (χ4n) is 3.09. The topological polar surface area (TPSA) is 56.2 Å². The van der Waals surface area contributed by atoms with Gasteiger partial charge < -0.3 is 10.1 Å². The van der Waals surface area contributed by atoms with Gasteiger partial charge in [-0.15, -0.1) is 0 Å². The lowest BCUT2D eigenvalue weighted by Gasteiger charge is -2.13. The van der Waals surface area contributed by atoms with Crippen LogP contribution >= 0.6 is 0 Å². The number of aryl methyl sites for hydroxylation is 2. The van der Waals surface area contributed by atoms with Gasteiger partial charge in [-0.3, -0.25) is 9.48 Å². The Morgan fingerprint density at radius 2 is 2.13 bits per heavy atom. The Hall–Kier alpha value is -2.82. The Bertz CT molecular complexity index is 927. The van der Waals surface area contributed by atoms with Gasteiger partial charge in [0.25, 0.3) is 0 Å². The van der Waals surface area contributed by atoms with Crippen LogP contribution in [0.1, 0.15) is 12.1 Å². The van der Waals surface area contributed by atoms with Crippen LogP contribution in [0.4, 0.5) is 5.69 Å². The van der Waals surface area contributed by atoms with Crippen molar-refractivity contribution in [2.45, 2.75) is 13.3 Å². The first kappa shape index (κ1) is 13.8. The zero-order chi connectivity index (χ0) is 16.0. The molecule has 0 saturated carbocycles. The number of anilines is 1. The van der Waals surface area contributed by atoms with Crippen molar-refractivity contribution in [3.8, 4) is 16.9 Å². The molecule has 5 heteroatoms. The van der Waals surface area contributed by atoms with Gasteiger partial charge in [0, 0.05) is 18.0 Å². The highest BCUT2D eigenvalue weighted by molar-refractivity contribution is 5.96. The first-order chi connectivity index (χ1) is 11.1. The molecule has 2 heterocycles. The number of benzene rings is 2. The molecular weight excluding hydrogens is 290 g/mol. The van der Waals surface area contributed by atoms with Gasteiger partial charge in [0.1, 0.15) is 0 Å². The zero-order valence-electron chi connectivity index (χ0n) is 13.1. The Morgan fingerprint density at radius 1 is 1.26 bits per heavy atom. The molecule has 0 aliphatic carbocycles. The summed E-state index contributed by atoms with van der Waals surface area (Å²) in [6.45, 7) is 2.40. The molecule has 1 N–H and O–H groups in total. The van der Waals surface area contributed by atoms with E-state index in [1.807, 2.05) is 36.9 Å². The largest absolute Gasteiger partial charge is 0.490 e. The van der Waals surface area contributed by atoms with Crippen LogP contribution in [0.5, 0.6) is 5.75 Å². The quantitative estimate of drug-likeness (QED) is 0.750. The maximum atomic E-state index is 11.7. The summed E-state index contributed by atoms with van der Waals surface area (Å²) in [6.07, 6.45) is 0.370. The van der Waals surface area contributed by atoms with Crippen LogP contribution in [0.2, 0.25) is 0 Å². The molecule has 0 saturated heterocycles. The van der Waals surface area contributed by atoms with Crippen molar-refractivity contribution in [3.63, 3.8) is 0 Å². The Morgan fingerprint density at radius 3 is 3.00 bits per heavy atom. The van der Waals surface area contributed by atoms with Crippen molar-refractivity contribution in [1.82, 2.24) is 9.78 Å². The van der Waals surface area contributed by atoms with Crippen LogP contribution < -0.4 is 10.1 Å². The maximum Gasteiger partial charge on any atom is 0.227 e. The lowest BCUT2D eigenvalue weighted by molar-refractivity contribution is -0.116. The smallest absolute Gasteiger partial charge is 0.227 e. The molecule has 0 unspecified atom stereocenters. The number of carbonyl (C=O) groups excluding carboxylic acids is 1. The minimum Gasteiger partial charge on any atom is -0.490 e. The third-order valence-electron chi connectivity index (χ3n) is 4.21. The highest BCUT2D eigenvalue weighted by Gasteiger charge is 2.18. The summed E-state index contributed by atoms with van der Waals surface area (Å²) in [4.78, 5) is 11.7. The first-order valence-corrected chi connectivity index (χ1v) is 7.63. The molecule has 0 spiro atoms. The van der Waals surface area contributed by atoms with Gasteiger partial charge in [0.2, 0.25) is 5.91 Å². The van der Waals surface area contributed by atoms with Crippen LogP contribution in [0, 0.1) is 6.92 Å². The highest BCUT2D eigenvalue weighted by Crippen LogP contribution is 2.39. The number of ether oxygens (including phenoxy) is 1. The fourth-order valence-corrected chi connectivity index (χ4v) is 3.09. The maximum absolute atomic E-state index is 11.7. The predicted octanol–water partition coefficient (Wildman–Crippen LogP) is 3.27. The van der Waals surface area contributed by atoms with Crippen molar-refractivity contribution in [3.05, 3.63) is 42.1 Å². The van der Waals surface area contributed by atoms with E-state index in [4.69, 9.17) is 4.74 Å². The minimum absolute atomic E-state index is 0.0144. The summed E-state index contributed by atoms with van der Waals surface area (Å²) in [5, 5.41) is 8.50. The molecular formula is C18H17N3O2. The van der Waals surface area contributed by atoms with Gasteiger partial charge in [0.15, 0.2) is 5.75 Å². The van der Waals surface area contributed by atoms with Crippen molar-refractivity contribution in [1.29, 1.82) is 0 Å². The SMILES string of the molecule is Cc1nn(C)c2ccc(-c3cccc4c3OCCC(=O)N4)cc12. The molecule has 0 bridgehead atoms. The molecule has 1 amide bonds. The number of fused-ring (bicyclic) bond motifs is 2. The lowest BCUT2D eigenvalue weighted by Crippen LogP contribution is -2.10. The predicted molar refractivity (Wildman–Crippen MR) is 89.6 cm³/mol. The van der Waals surface area contributed by atoms with E-state index in [-0.39, 0.29) is 5.91 Å². The first-order valence-electron chi connectivity index (χ1n) is 7.63. The Balaban J connectivity index is 1.89. The van der Waals surface area contributed by atoms with Crippen LogP contribution in [-0.2, 0) is 11.8 Å². The molecule has 4 rings (SSSR count). The molecule has 0 radical (unpaired) electrons. The molecule has 1 aromatic heterocycles. The molecule has 116 valence electrons. The number of rotatable bonds is 1. The zero-order valence-corrected chi connectivity index (χ0v) is 13.1. The van der Waals surface area contributed by atoms with Gasteiger partial charge in [-0.2, -0.15) is 5.10 Å². The lowest BCUT2D eigenvalue weighted by atomic mass is 10.0. The minimum atomic E-state index is -0.0144. The molecule has 2 aromatic carbocycles. The molecule has 1 aliphatic rings. The van der Waals surface area contributed by atoms with Gasteiger partial charge in [0.05, 0.1) is 29.9 Å². The van der Waals surface area contributed by atoms with Gasteiger partial charge in [-0.1, -0.05) is 18.2 Å². The number of carbonyl (C=O) groups is 1. The van der Waals surface area contributed by atoms with E-state index >= 15 is 0 Å². The van der Waals surface area contributed by atoms with Gasteiger partial charge in [-0.05, 0) is 30.7 Å². The summed E-state index contributed by atoms with van der Waals surface area (Å²) >= 11 is 0. The third kappa shape index (κ3) is 2.25. The number of hydrogen-bond donors (Lipinski definition) is 1. The molecule has 1 aliphatic heterocycles. The molecule has 3 aromatic rings. The monoisotopic (exact) mass is 307 g/mol. The van der Waals surface area contributed by atoms with E-state index in [2.05, 4.69) is 28.6 Å². The van der Waals surface area contributed by atoms with E-state index in [1.54, 1.807) is 0 Å². The average molecular weight is 307 g/mol. The second-order valence-corrected chi connectivity index (χ2v) is 5.77. The summed E-state index contributed by atoms with van der Waals surface area (Å²) in [5.74, 6) is 0.721. The molecule has 0 fully saturated rings. The summed E-state index contributed by atoms with van der Waals surface area (Å²) in [6, 6.07) is 12.1. The van der Waals surface area contributed by atoms with Crippen molar-refractivity contribution in [2.75, 3.05) is 11.9 Å². The van der Waals surface area contributed by atoms with Crippen LogP contribution in [0.3, 0.4) is 0 Å². The van der Waals surface area contributed by atoms with Crippen LogP contribution in [0.25, 0.3) is 22.0 Å². The standard InChI is InChI=1S/C18H17N3O2/c1-11-14-10-12(6-7-16(14)21(2)20-11)13-4-3-5-15-18(13)23-9-8-17(22)19-15/h3-7,10H,8-9H2,1-2H3,(H,19,22). The number of nitrogens with one attached hydrogen (secondary N) is 1. The van der Waals surface area contributed by atoms with E-state index in [0.29, 0.717) is 13.0 Å². The average Bonchev–Trinajstić information content (AvgIpc) is 2.70. The van der Waals surface area contributed by atoms with E-state index in [9.17, 15) is 4.79 Å². The normalized spacial score (nSPS) is 14.1. The summed E-state index contributed by atoms with van der Waals surface area (Å²) in [5.41, 5.74) is 4.87. The van der Waals surface area contributed by atoms with E-state index < -0.39 is 0 Å². The molecule has 0 atom stereocenters. The second kappa shape index (κ2) is 5.12. The number of amides is 1. The van der Waals surface area contributed by atoms with E-state index in [0.717, 1.165) is 39.2 Å². The third-order valence-corrected chi connectivity index (χ3v) is 4.21. The van der Waals surface area contributed by atoms with Crippen molar-refractivity contribution in [2.24, 2.45) is 7.05 Å². The number of aromatic nitrogens is 2. The summed E-state index contributed by atoms with van der Waals surface area (Å²) < 4.78 is 7.73. The van der Waals surface area contributed by atoms with Crippen LogP contribution in [-0.4, -0.2) is 22.3 Å².